The third-order valence-electron chi connectivity index (χ3n) is 4.63. The van der Waals surface area contributed by atoms with E-state index in [1.807, 2.05) is 60.7 Å². The average Bonchev–Trinajstić information content (AvgIpc) is 3.49. The molecule has 0 aliphatic carbocycles. The molecule has 0 atom stereocenters. The Morgan fingerprint density at radius 3 is 2.47 bits per heavy atom. The van der Waals surface area contributed by atoms with Crippen LogP contribution in [0, 0.1) is 0 Å². The summed E-state index contributed by atoms with van der Waals surface area (Å²) in [4.78, 5) is 17.5. The molecule has 0 aliphatic heterocycles. The van der Waals surface area contributed by atoms with Gasteiger partial charge in [-0.3, -0.25) is 15.1 Å². The van der Waals surface area contributed by atoms with Crippen molar-refractivity contribution in [3.05, 3.63) is 95.8 Å². The summed E-state index contributed by atoms with van der Waals surface area (Å²) in [6, 6.07) is 22.3. The number of para-hydroxylation sites is 1. The molecule has 9 heteroatoms. The monoisotopic (exact) mass is 458 g/mol. The van der Waals surface area contributed by atoms with E-state index < -0.39 is 0 Å². The summed E-state index contributed by atoms with van der Waals surface area (Å²) in [7, 11) is 0. The molecule has 0 spiro atoms. The second-order valence-electron chi connectivity index (χ2n) is 6.76. The van der Waals surface area contributed by atoms with Crippen LogP contribution in [0.4, 0.5) is 5.13 Å². The van der Waals surface area contributed by atoms with E-state index in [-0.39, 0.29) is 5.91 Å². The number of carbonyl (C=O) groups is 1. The average molecular weight is 459 g/mol. The van der Waals surface area contributed by atoms with Crippen molar-refractivity contribution >= 4 is 34.0 Å². The molecule has 0 aliphatic rings. The first kappa shape index (κ1) is 20.0. The Kier molecular flexibility index (Phi) is 5.45. The zero-order chi connectivity index (χ0) is 21.9. The van der Waals surface area contributed by atoms with Gasteiger partial charge in [-0.15, -0.1) is 10.2 Å². The van der Waals surface area contributed by atoms with Crippen molar-refractivity contribution in [3.8, 4) is 27.6 Å². The number of nitrogens with zero attached hydrogens (tertiary/aromatic N) is 5. The molecule has 0 radical (unpaired) electrons. The van der Waals surface area contributed by atoms with Crippen molar-refractivity contribution in [2.45, 2.75) is 0 Å². The Morgan fingerprint density at radius 2 is 1.72 bits per heavy atom. The highest BCUT2D eigenvalue weighted by molar-refractivity contribution is 7.18. The molecule has 3 heterocycles. The van der Waals surface area contributed by atoms with Crippen LogP contribution >= 0.6 is 22.9 Å². The molecule has 0 saturated heterocycles. The van der Waals surface area contributed by atoms with E-state index in [2.05, 4.69) is 25.6 Å². The summed E-state index contributed by atoms with van der Waals surface area (Å²) in [5, 5.41) is 17.3. The maximum Gasteiger partial charge on any atom is 0.261 e. The molecule has 0 saturated carbocycles. The molecular formula is C23H15ClN6OS. The van der Waals surface area contributed by atoms with Crippen LogP contribution in [0.15, 0.2) is 85.2 Å². The Balaban J connectivity index is 1.49. The number of pyridine rings is 1. The molecule has 0 unspecified atom stereocenters. The fraction of sp³-hybridized carbons (Fsp3) is 0. The Bertz CT molecular complexity index is 1370. The Labute approximate surface area is 192 Å². The molecule has 1 amide bonds. The van der Waals surface area contributed by atoms with E-state index in [1.54, 1.807) is 29.2 Å². The molecule has 32 heavy (non-hydrogen) atoms. The normalized spacial score (nSPS) is 10.8. The van der Waals surface area contributed by atoms with E-state index in [1.165, 1.54) is 11.3 Å². The van der Waals surface area contributed by atoms with Gasteiger partial charge >= 0.3 is 0 Å². The number of hydrogen-bond donors (Lipinski definition) is 1. The standard InChI is InChI=1S/C23H15ClN6OS/c24-16-11-9-15(10-12-16)20-18(14-30(29-20)17-6-2-1-3-7-17)21(31)26-23-28-27-22(32-23)19-8-4-5-13-25-19/h1-14H,(H,26,28,31). The first-order valence-electron chi connectivity index (χ1n) is 9.65. The lowest BCUT2D eigenvalue weighted by Crippen LogP contribution is -2.12. The van der Waals surface area contributed by atoms with Crippen LogP contribution in [-0.4, -0.2) is 30.9 Å². The number of nitrogens with one attached hydrogen (secondary N) is 1. The minimum atomic E-state index is -0.333. The lowest BCUT2D eigenvalue weighted by atomic mass is 10.1. The van der Waals surface area contributed by atoms with Crippen molar-refractivity contribution in [1.29, 1.82) is 0 Å². The third kappa shape index (κ3) is 4.14. The highest BCUT2D eigenvalue weighted by atomic mass is 35.5. The predicted molar refractivity (Wildman–Crippen MR) is 125 cm³/mol. The van der Waals surface area contributed by atoms with Gasteiger partial charge in [0.1, 0.15) is 11.4 Å². The number of rotatable bonds is 5. The van der Waals surface area contributed by atoms with Crippen LogP contribution in [0.3, 0.4) is 0 Å². The summed E-state index contributed by atoms with van der Waals surface area (Å²) >= 11 is 7.29. The summed E-state index contributed by atoms with van der Waals surface area (Å²) in [6.45, 7) is 0. The molecule has 7 nitrogen and oxygen atoms in total. The second kappa shape index (κ2) is 8.70. The van der Waals surface area contributed by atoms with E-state index >= 15 is 0 Å². The Morgan fingerprint density at radius 1 is 0.938 bits per heavy atom. The van der Waals surface area contributed by atoms with Crippen molar-refractivity contribution in [3.63, 3.8) is 0 Å². The fourth-order valence-electron chi connectivity index (χ4n) is 3.11. The number of anilines is 1. The lowest BCUT2D eigenvalue weighted by molar-refractivity contribution is 0.102. The van der Waals surface area contributed by atoms with Gasteiger partial charge in [-0.2, -0.15) is 5.10 Å². The largest absolute Gasteiger partial charge is 0.296 e. The molecular weight excluding hydrogens is 444 g/mol. The van der Waals surface area contributed by atoms with E-state index in [0.717, 1.165) is 11.3 Å². The summed E-state index contributed by atoms with van der Waals surface area (Å²) in [5.74, 6) is -0.333. The fourth-order valence-corrected chi connectivity index (χ4v) is 3.95. The van der Waals surface area contributed by atoms with E-state index in [4.69, 9.17) is 11.6 Å². The summed E-state index contributed by atoms with van der Waals surface area (Å²) in [5.41, 5.74) is 3.27. The van der Waals surface area contributed by atoms with Gasteiger partial charge in [0, 0.05) is 23.0 Å². The van der Waals surface area contributed by atoms with Crippen molar-refractivity contribution in [2.75, 3.05) is 5.32 Å². The van der Waals surface area contributed by atoms with Gasteiger partial charge < -0.3 is 0 Å². The van der Waals surface area contributed by atoms with Crippen LogP contribution in [0.1, 0.15) is 10.4 Å². The number of aromatic nitrogens is 5. The predicted octanol–water partition coefficient (Wildman–Crippen LogP) is 5.36. The quantitative estimate of drug-likeness (QED) is 0.383. The van der Waals surface area contributed by atoms with E-state index in [0.29, 0.717) is 32.1 Å². The molecule has 2 aromatic carbocycles. The van der Waals surface area contributed by atoms with Crippen LogP contribution in [0.5, 0.6) is 0 Å². The third-order valence-corrected chi connectivity index (χ3v) is 5.74. The zero-order valence-corrected chi connectivity index (χ0v) is 18.1. The van der Waals surface area contributed by atoms with Crippen molar-refractivity contribution in [1.82, 2.24) is 25.0 Å². The topological polar surface area (TPSA) is 85.6 Å². The number of halogens is 1. The van der Waals surface area contributed by atoms with Crippen molar-refractivity contribution in [2.24, 2.45) is 0 Å². The van der Waals surface area contributed by atoms with Gasteiger partial charge in [0.2, 0.25) is 5.13 Å². The summed E-state index contributed by atoms with van der Waals surface area (Å²) < 4.78 is 1.68. The summed E-state index contributed by atoms with van der Waals surface area (Å²) in [6.07, 6.45) is 3.39. The number of amides is 1. The zero-order valence-electron chi connectivity index (χ0n) is 16.5. The van der Waals surface area contributed by atoms with Crippen molar-refractivity contribution < 1.29 is 4.79 Å². The maximum atomic E-state index is 13.2. The van der Waals surface area contributed by atoms with Gasteiger partial charge in [0.05, 0.1) is 11.3 Å². The molecule has 0 bridgehead atoms. The van der Waals surface area contributed by atoms with Crippen LogP contribution < -0.4 is 5.32 Å². The lowest BCUT2D eigenvalue weighted by Gasteiger charge is -2.02. The maximum absolute atomic E-state index is 13.2. The van der Waals surface area contributed by atoms with Gasteiger partial charge in [0.15, 0.2) is 5.01 Å². The number of benzene rings is 2. The molecule has 5 rings (SSSR count). The highest BCUT2D eigenvalue weighted by Crippen LogP contribution is 2.28. The second-order valence-corrected chi connectivity index (χ2v) is 8.17. The molecule has 0 fully saturated rings. The molecule has 5 aromatic rings. The highest BCUT2D eigenvalue weighted by Gasteiger charge is 2.20. The molecule has 3 aromatic heterocycles. The first-order valence-corrected chi connectivity index (χ1v) is 10.8. The van der Waals surface area contributed by atoms with Gasteiger partial charge in [0.25, 0.3) is 5.91 Å². The van der Waals surface area contributed by atoms with Crippen LogP contribution in [0.25, 0.3) is 27.6 Å². The first-order chi connectivity index (χ1) is 15.7. The number of hydrogen-bond acceptors (Lipinski definition) is 6. The van der Waals surface area contributed by atoms with Gasteiger partial charge in [-0.05, 0) is 36.4 Å². The minimum Gasteiger partial charge on any atom is -0.296 e. The van der Waals surface area contributed by atoms with E-state index in [9.17, 15) is 4.79 Å². The van der Waals surface area contributed by atoms with Gasteiger partial charge in [-0.1, -0.05) is 59.3 Å². The minimum absolute atomic E-state index is 0.333. The molecule has 1 N–H and O–H groups in total. The van der Waals surface area contributed by atoms with Gasteiger partial charge in [-0.25, -0.2) is 4.68 Å². The van der Waals surface area contributed by atoms with Crippen LogP contribution in [-0.2, 0) is 0 Å². The SMILES string of the molecule is O=C(Nc1nnc(-c2ccccn2)s1)c1cn(-c2ccccc2)nc1-c1ccc(Cl)cc1. The van der Waals surface area contributed by atoms with Crippen LogP contribution in [0.2, 0.25) is 5.02 Å². The number of carbonyl (C=O) groups excluding carboxylic acids is 1. The molecule has 156 valence electrons. The Hall–Kier alpha value is -3.88. The smallest absolute Gasteiger partial charge is 0.261 e.